The minimum atomic E-state index is 1.07. The molecule has 1 aliphatic rings. The lowest BCUT2D eigenvalue weighted by molar-refractivity contribution is 0.864. The minimum Gasteiger partial charge on any atom is -0.0882 e. The summed E-state index contributed by atoms with van der Waals surface area (Å²) in [6.07, 6.45) is 23.5. The Morgan fingerprint density at radius 1 is 0.538 bits per heavy atom. The van der Waals surface area contributed by atoms with E-state index in [1.54, 1.807) is 0 Å². The van der Waals surface area contributed by atoms with Gasteiger partial charge in [-0.15, -0.1) is 0 Å². The average molecular weight is 174 g/mol. The molecule has 0 heterocycles. The number of rotatable bonds is 0. The smallest absolute Gasteiger partial charge is 0.0166 e. The second-order valence-corrected chi connectivity index (χ2v) is 3.20. The van der Waals surface area contributed by atoms with Crippen molar-refractivity contribution in [1.82, 2.24) is 0 Å². The van der Waals surface area contributed by atoms with Gasteiger partial charge in [0.2, 0.25) is 0 Å². The number of allylic oxidation sites excluding steroid dienone is 8. The first kappa shape index (κ1) is 10.0. The lowest BCUT2D eigenvalue weighted by atomic mass is 10.2. The Labute approximate surface area is 81.4 Å². The molecule has 0 aromatic carbocycles. The highest BCUT2D eigenvalue weighted by atomic mass is 13.9. The maximum absolute atomic E-state index is 2.28. The third kappa shape index (κ3) is 6.15. The summed E-state index contributed by atoms with van der Waals surface area (Å²) >= 11 is 0. The van der Waals surface area contributed by atoms with Gasteiger partial charge in [-0.25, -0.2) is 0 Å². The van der Waals surface area contributed by atoms with Gasteiger partial charge in [0.1, 0.15) is 0 Å². The van der Waals surface area contributed by atoms with Crippen LogP contribution in [0.4, 0.5) is 0 Å². The second-order valence-electron chi connectivity index (χ2n) is 3.20. The van der Waals surface area contributed by atoms with Crippen LogP contribution in [0.5, 0.6) is 0 Å². The first-order valence-electron chi connectivity index (χ1n) is 5.12. The van der Waals surface area contributed by atoms with Crippen molar-refractivity contribution in [3.05, 3.63) is 48.6 Å². The molecule has 0 radical (unpaired) electrons. The Bertz CT molecular complexity index is 192. The first-order chi connectivity index (χ1) is 6.50. The van der Waals surface area contributed by atoms with E-state index in [0.717, 1.165) is 12.8 Å². The molecule has 0 unspecified atom stereocenters. The summed E-state index contributed by atoms with van der Waals surface area (Å²) in [4.78, 5) is 0. The molecule has 0 saturated heterocycles. The van der Waals surface area contributed by atoms with Crippen LogP contribution in [0.25, 0.3) is 0 Å². The van der Waals surface area contributed by atoms with Gasteiger partial charge in [-0.2, -0.15) is 0 Å². The topological polar surface area (TPSA) is 0 Å². The summed E-state index contributed by atoms with van der Waals surface area (Å²) in [5, 5.41) is 0. The van der Waals surface area contributed by atoms with Crippen LogP contribution >= 0.6 is 0 Å². The molecule has 70 valence electrons. The molecule has 0 amide bonds. The van der Waals surface area contributed by atoms with Crippen LogP contribution in [0.2, 0.25) is 0 Å². The largest absolute Gasteiger partial charge is 0.0882 e. The molecule has 0 saturated carbocycles. The molecule has 0 aromatic rings. The van der Waals surface area contributed by atoms with Crippen molar-refractivity contribution in [2.45, 2.75) is 32.1 Å². The van der Waals surface area contributed by atoms with Gasteiger partial charge in [0.05, 0.1) is 0 Å². The van der Waals surface area contributed by atoms with E-state index in [9.17, 15) is 0 Å². The fourth-order valence-electron chi connectivity index (χ4n) is 1.25. The van der Waals surface area contributed by atoms with E-state index in [0.29, 0.717) is 0 Å². The van der Waals surface area contributed by atoms with Crippen LogP contribution in [0, 0.1) is 0 Å². The van der Waals surface area contributed by atoms with Crippen molar-refractivity contribution in [2.75, 3.05) is 0 Å². The predicted octanol–water partition coefficient (Wildman–Crippen LogP) is 4.18. The van der Waals surface area contributed by atoms with Crippen molar-refractivity contribution in [3.63, 3.8) is 0 Å². The van der Waals surface area contributed by atoms with E-state index < -0.39 is 0 Å². The molecule has 0 N–H and O–H groups in total. The molecule has 0 heteroatoms. The Morgan fingerprint density at radius 2 is 1.08 bits per heavy atom. The van der Waals surface area contributed by atoms with Gasteiger partial charge in [0.25, 0.3) is 0 Å². The SMILES string of the molecule is C1=C\C/C=C\CCC/C=C/C/C=C/1. The van der Waals surface area contributed by atoms with Crippen LogP contribution in [-0.4, -0.2) is 0 Å². The van der Waals surface area contributed by atoms with Gasteiger partial charge in [-0.05, 0) is 32.1 Å². The summed E-state index contributed by atoms with van der Waals surface area (Å²) in [5.74, 6) is 0. The molecule has 1 rings (SSSR count). The second kappa shape index (κ2) is 7.60. The molecule has 0 nitrogen and oxygen atoms in total. The van der Waals surface area contributed by atoms with E-state index in [2.05, 4.69) is 48.6 Å². The third-order valence-electron chi connectivity index (χ3n) is 2.00. The lowest BCUT2D eigenvalue weighted by Gasteiger charge is -1.89. The maximum Gasteiger partial charge on any atom is -0.0166 e. The zero-order valence-corrected chi connectivity index (χ0v) is 8.15. The quantitative estimate of drug-likeness (QED) is 0.483. The van der Waals surface area contributed by atoms with Gasteiger partial charge in [-0.1, -0.05) is 48.6 Å². The summed E-state index contributed by atoms with van der Waals surface area (Å²) in [6.45, 7) is 0. The monoisotopic (exact) mass is 174 g/mol. The third-order valence-corrected chi connectivity index (χ3v) is 2.00. The Morgan fingerprint density at radius 3 is 1.62 bits per heavy atom. The highest BCUT2D eigenvalue weighted by molar-refractivity contribution is 5.07. The van der Waals surface area contributed by atoms with Crippen LogP contribution < -0.4 is 0 Å². The molecule has 0 bridgehead atoms. The molecule has 1 aliphatic carbocycles. The van der Waals surface area contributed by atoms with Crippen LogP contribution in [0.3, 0.4) is 0 Å². The Kier molecular flexibility index (Phi) is 5.87. The predicted molar refractivity (Wildman–Crippen MR) is 59.6 cm³/mol. The summed E-state index contributed by atoms with van der Waals surface area (Å²) < 4.78 is 0. The normalized spacial score (nSPS) is 28.9. The Hall–Kier alpha value is -1.04. The standard InChI is InChI=1S/C13H18/c1-2-4-6-8-10-12-13-11-9-7-5-3-1/h1-4,7-10H,5-6,11-13H2/b3-1-,4-2+,9-7-,10-8+. The van der Waals surface area contributed by atoms with Crippen molar-refractivity contribution in [1.29, 1.82) is 0 Å². The van der Waals surface area contributed by atoms with Crippen molar-refractivity contribution >= 4 is 0 Å². The van der Waals surface area contributed by atoms with Gasteiger partial charge in [-0.3, -0.25) is 0 Å². The highest BCUT2D eigenvalue weighted by Gasteiger charge is 1.80. The molecule has 13 heavy (non-hydrogen) atoms. The van der Waals surface area contributed by atoms with Crippen LogP contribution in [0.1, 0.15) is 32.1 Å². The number of hydrogen-bond donors (Lipinski definition) is 0. The molecule has 0 aromatic heterocycles. The zero-order valence-electron chi connectivity index (χ0n) is 8.15. The van der Waals surface area contributed by atoms with Crippen LogP contribution in [0.15, 0.2) is 48.6 Å². The average Bonchev–Trinajstić information content (AvgIpc) is 2.18. The van der Waals surface area contributed by atoms with Crippen LogP contribution in [-0.2, 0) is 0 Å². The molecule has 0 atom stereocenters. The van der Waals surface area contributed by atoms with Gasteiger partial charge in [0.15, 0.2) is 0 Å². The number of hydrogen-bond acceptors (Lipinski definition) is 0. The van der Waals surface area contributed by atoms with E-state index >= 15 is 0 Å². The minimum absolute atomic E-state index is 1.07. The van der Waals surface area contributed by atoms with Crippen molar-refractivity contribution in [2.24, 2.45) is 0 Å². The van der Waals surface area contributed by atoms with Gasteiger partial charge >= 0.3 is 0 Å². The maximum atomic E-state index is 2.28. The summed E-state index contributed by atoms with van der Waals surface area (Å²) in [6, 6.07) is 0. The molecule has 0 spiro atoms. The first-order valence-corrected chi connectivity index (χ1v) is 5.12. The highest BCUT2D eigenvalue weighted by Crippen LogP contribution is 2.01. The fraction of sp³-hybridized carbons (Fsp3) is 0.385. The van der Waals surface area contributed by atoms with E-state index in [1.807, 2.05) is 0 Å². The van der Waals surface area contributed by atoms with E-state index in [4.69, 9.17) is 0 Å². The van der Waals surface area contributed by atoms with Crippen molar-refractivity contribution < 1.29 is 0 Å². The molecule has 0 aliphatic heterocycles. The summed E-state index contributed by atoms with van der Waals surface area (Å²) in [7, 11) is 0. The molecular formula is C13H18. The molecular weight excluding hydrogens is 156 g/mol. The van der Waals surface area contributed by atoms with E-state index in [-0.39, 0.29) is 0 Å². The van der Waals surface area contributed by atoms with E-state index in [1.165, 1.54) is 19.3 Å². The zero-order chi connectivity index (χ0) is 9.19. The lowest BCUT2D eigenvalue weighted by Crippen LogP contribution is -1.69. The Balaban J connectivity index is 2.38. The van der Waals surface area contributed by atoms with Gasteiger partial charge < -0.3 is 0 Å². The fourth-order valence-corrected chi connectivity index (χ4v) is 1.25. The molecule has 0 fully saturated rings. The summed E-state index contributed by atoms with van der Waals surface area (Å²) in [5.41, 5.74) is 0. The van der Waals surface area contributed by atoms with Crippen molar-refractivity contribution in [3.8, 4) is 0 Å². The van der Waals surface area contributed by atoms with Gasteiger partial charge in [0, 0.05) is 0 Å².